The molecule has 0 bridgehead atoms. The van der Waals surface area contributed by atoms with Gasteiger partial charge < -0.3 is 51.7 Å². The van der Waals surface area contributed by atoms with Crippen LogP contribution in [0.2, 0.25) is 0 Å². The van der Waals surface area contributed by atoms with Crippen molar-refractivity contribution in [3.63, 3.8) is 0 Å². The Morgan fingerprint density at radius 3 is 1.61 bits per heavy atom. The Morgan fingerprint density at radius 2 is 1.11 bits per heavy atom. The summed E-state index contributed by atoms with van der Waals surface area (Å²) in [5.41, 5.74) is 4.14. The molecule has 3 heterocycles. The monoisotopic (exact) mass is 904 g/mol. The average Bonchev–Trinajstić information content (AvgIpc) is 4.05. The molecule has 9 N–H and O–H groups in total. The number of fused-ring (bicyclic) bond motifs is 2. The van der Waals surface area contributed by atoms with Crippen LogP contribution in [0.1, 0.15) is 71.1 Å². The van der Waals surface area contributed by atoms with Gasteiger partial charge in [-0.05, 0) is 59.9 Å². The fourth-order valence-electron chi connectivity index (χ4n) is 8.97. The van der Waals surface area contributed by atoms with Gasteiger partial charge in [-0.25, -0.2) is 0 Å². The van der Waals surface area contributed by atoms with Gasteiger partial charge >= 0.3 is 0 Å². The summed E-state index contributed by atoms with van der Waals surface area (Å²) in [5, 5.41) is 40.0. The minimum Gasteiger partial charge on any atom is -0.388 e. The van der Waals surface area contributed by atoms with Gasteiger partial charge in [-0.2, -0.15) is 0 Å². The molecular weight excluding hydrogens is 841 g/mol. The van der Waals surface area contributed by atoms with E-state index in [-0.39, 0.29) is 25.8 Å². The number of carbonyl (C=O) groups is 6. The van der Waals surface area contributed by atoms with Crippen molar-refractivity contribution in [1.82, 2.24) is 41.5 Å². The summed E-state index contributed by atoms with van der Waals surface area (Å²) >= 11 is 0. The molecule has 1 aliphatic heterocycles. The van der Waals surface area contributed by atoms with Crippen molar-refractivity contribution >= 4 is 57.2 Å². The second kappa shape index (κ2) is 22.1. The van der Waals surface area contributed by atoms with E-state index in [0.717, 1.165) is 38.5 Å². The number of aromatic nitrogens is 2. The van der Waals surface area contributed by atoms with Crippen LogP contribution in [0.5, 0.6) is 0 Å². The lowest BCUT2D eigenvalue weighted by atomic mass is 9.91. The summed E-state index contributed by atoms with van der Waals surface area (Å²) in [4.78, 5) is 89.2. The topological polar surface area (TPSA) is 238 Å². The number of aliphatic hydroxyl groups is 2. The van der Waals surface area contributed by atoms with Crippen molar-refractivity contribution in [3.05, 3.63) is 108 Å². The lowest BCUT2D eigenvalue weighted by molar-refractivity contribution is -0.143. The van der Waals surface area contributed by atoms with E-state index in [1.54, 1.807) is 40.1 Å². The van der Waals surface area contributed by atoms with E-state index >= 15 is 0 Å². The van der Waals surface area contributed by atoms with Crippen molar-refractivity contribution in [3.8, 4) is 0 Å². The summed E-state index contributed by atoms with van der Waals surface area (Å²) in [7, 11) is 0. The molecule has 0 spiro atoms. The molecule has 4 unspecified atom stereocenters. The molecule has 16 nitrogen and oxygen atoms in total. The van der Waals surface area contributed by atoms with E-state index in [1.807, 2.05) is 78.9 Å². The molecule has 6 rings (SSSR count). The molecule has 352 valence electrons. The molecule has 3 aromatic carbocycles. The number of likely N-dealkylation sites (tertiary alicyclic amines) is 1. The van der Waals surface area contributed by atoms with Crippen LogP contribution in [0.3, 0.4) is 0 Å². The van der Waals surface area contributed by atoms with Crippen LogP contribution < -0.4 is 26.6 Å². The first-order valence-electron chi connectivity index (χ1n) is 22.8. The third-order valence-corrected chi connectivity index (χ3v) is 12.4. The molecule has 0 aliphatic carbocycles. The highest BCUT2D eigenvalue weighted by atomic mass is 16.3. The zero-order valence-electron chi connectivity index (χ0n) is 38.5. The first-order valence-corrected chi connectivity index (χ1v) is 22.8. The predicted molar refractivity (Wildman–Crippen MR) is 252 cm³/mol. The smallest absolute Gasteiger partial charge is 0.245 e. The third-order valence-electron chi connectivity index (χ3n) is 12.4. The average molecular weight is 905 g/mol. The van der Waals surface area contributed by atoms with Crippen LogP contribution in [-0.4, -0.2) is 116 Å². The Hall–Kier alpha value is -6.52. The molecular formula is C50H64N8O8. The molecule has 1 aliphatic rings. The standard InChI is InChI=1S/C50H64N8O8/c1-28(2)43(56-47(63)40(53-30(5)59)24-33-26-51-37-19-12-10-17-35(33)37)49(65)55-39(23-32-15-8-7-9-16-32)45(61)46(62)42-21-14-22-58(42)50(66)44(29(3)4)57-48(64)41(54-31(6)60)25-34-27-52-38-20-13-11-18-36(34)38/h7-13,15-20,26-29,39-46,51-52,61-62H,14,21-25H2,1-6H3,(H,53,59)(H,54,60)(H,55,65)(H,56,63)(H,57,64)/t39-,40?,41?,42-,43?,44?,45-,46-/m0/s1. The molecule has 5 aromatic rings. The van der Waals surface area contributed by atoms with E-state index in [9.17, 15) is 39.0 Å². The number of H-pyrrole nitrogens is 2. The molecule has 1 fully saturated rings. The van der Waals surface area contributed by atoms with Crippen molar-refractivity contribution in [2.24, 2.45) is 11.8 Å². The summed E-state index contributed by atoms with van der Waals surface area (Å²) < 4.78 is 0. The van der Waals surface area contributed by atoms with E-state index in [1.165, 1.54) is 18.7 Å². The zero-order valence-corrected chi connectivity index (χ0v) is 38.5. The lowest BCUT2D eigenvalue weighted by Gasteiger charge is -2.37. The van der Waals surface area contributed by atoms with E-state index in [2.05, 4.69) is 36.6 Å². The molecule has 66 heavy (non-hydrogen) atoms. The number of hydrogen-bond donors (Lipinski definition) is 9. The minimum absolute atomic E-state index is 0.102. The van der Waals surface area contributed by atoms with Gasteiger partial charge in [0.2, 0.25) is 35.4 Å². The SMILES string of the molecule is CC(=O)NC(Cc1c[nH]c2ccccc12)C(=O)NC(C(=O)N[C@@H](Cc1ccccc1)[C@H](O)[C@@H](O)[C@@H]1CCCN1C(=O)C(NC(=O)C(Cc1c[nH]c2ccccc12)NC(C)=O)C(C)C)C(C)C. The molecule has 8 atom stereocenters. The van der Waals surface area contributed by atoms with Crippen LogP contribution in [0, 0.1) is 11.8 Å². The molecule has 0 saturated carbocycles. The fraction of sp³-hybridized carbons (Fsp3) is 0.440. The maximum Gasteiger partial charge on any atom is 0.245 e. The summed E-state index contributed by atoms with van der Waals surface area (Å²) in [6.45, 7) is 10.0. The van der Waals surface area contributed by atoms with Crippen LogP contribution >= 0.6 is 0 Å². The van der Waals surface area contributed by atoms with Crippen molar-refractivity contribution in [1.29, 1.82) is 0 Å². The molecule has 1 saturated heterocycles. The highest BCUT2D eigenvalue weighted by molar-refractivity contribution is 5.94. The second-order valence-electron chi connectivity index (χ2n) is 18.1. The van der Waals surface area contributed by atoms with Crippen molar-refractivity contribution < 1.29 is 39.0 Å². The van der Waals surface area contributed by atoms with Crippen LogP contribution in [0.4, 0.5) is 0 Å². The van der Waals surface area contributed by atoms with Crippen LogP contribution in [-0.2, 0) is 48.0 Å². The van der Waals surface area contributed by atoms with Gasteiger partial charge in [-0.1, -0.05) is 94.4 Å². The largest absolute Gasteiger partial charge is 0.388 e. The van der Waals surface area contributed by atoms with E-state index in [0.29, 0.717) is 12.8 Å². The molecule has 6 amide bonds. The Kier molecular flexibility index (Phi) is 16.4. The number of nitrogens with one attached hydrogen (secondary N) is 7. The van der Waals surface area contributed by atoms with Gasteiger partial charge in [0.05, 0.1) is 12.1 Å². The van der Waals surface area contributed by atoms with Gasteiger partial charge in [-0.3, -0.25) is 28.8 Å². The van der Waals surface area contributed by atoms with Crippen LogP contribution in [0.15, 0.2) is 91.3 Å². The Labute approximate surface area is 385 Å². The number of nitrogens with zero attached hydrogens (tertiary/aromatic N) is 1. The first-order chi connectivity index (χ1) is 31.5. The summed E-state index contributed by atoms with van der Waals surface area (Å²) in [6.07, 6.45) is 1.75. The zero-order chi connectivity index (χ0) is 47.7. The van der Waals surface area contributed by atoms with Gasteiger partial charge in [0.1, 0.15) is 36.4 Å². The number of benzene rings is 3. The highest BCUT2D eigenvalue weighted by Crippen LogP contribution is 2.27. The number of para-hydroxylation sites is 2. The first kappa shape index (κ1) is 48.9. The van der Waals surface area contributed by atoms with Gasteiger partial charge in [-0.15, -0.1) is 0 Å². The van der Waals surface area contributed by atoms with Gasteiger partial charge in [0.25, 0.3) is 0 Å². The summed E-state index contributed by atoms with van der Waals surface area (Å²) in [6, 6.07) is 18.3. The normalized spacial score (nSPS) is 17.1. The molecule has 0 radical (unpaired) electrons. The molecule has 16 heteroatoms. The molecule has 2 aromatic heterocycles. The van der Waals surface area contributed by atoms with Crippen molar-refractivity contribution in [2.45, 2.75) is 122 Å². The van der Waals surface area contributed by atoms with Crippen LogP contribution in [0.25, 0.3) is 21.8 Å². The minimum atomic E-state index is -1.59. The number of aromatic amines is 2. The van der Waals surface area contributed by atoms with E-state index in [4.69, 9.17) is 0 Å². The number of rotatable bonds is 20. The predicted octanol–water partition coefficient (Wildman–Crippen LogP) is 3.17. The lowest BCUT2D eigenvalue weighted by Crippen LogP contribution is -2.62. The summed E-state index contributed by atoms with van der Waals surface area (Å²) in [5.74, 6) is -3.83. The quantitative estimate of drug-likeness (QED) is 0.0561. The third kappa shape index (κ3) is 12.0. The Balaban J connectivity index is 1.18. The second-order valence-corrected chi connectivity index (χ2v) is 18.1. The number of hydrogen-bond acceptors (Lipinski definition) is 8. The number of carbonyl (C=O) groups excluding carboxylic acids is 6. The number of amides is 6. The maximum atomic E-state index is 14.5. The van der Waals surface area contributed by atoms with E-state index < -0.39 is 95.7 Å². The maximum absolute atomic E-state index is 14.5. The fourth-order valence-corrected chi connectivity index (χ4v) is 8.97. The number of aliphatic hydroxyl groups excluding tert-OH is 2. The Morgan fingerprint density at radius 1 is 0.621 bits per heavy atom. The van der Waals surface area contributed by atoms with Crippen molar-refractivity contribution in [2.75, 3.05) is 6.54 Å². The van der Waals surface area contributed by atoms with Gasteiger partial charge in [0, 0.05) is 67.4 Å². The Bertz CT molecular complexity index is 2480. The van der Waals surface area contributed by atoms with Gasteiger partial charge in [0.15, 0.2) is 0 Å². The highest BCUT2D eigenvalue weighted by Gasteiger charge is 2.43.